The number of aromatic carboxylic acids is 8. The molecule has 0 aliphatic rings. The van der Waals surface area contributed by atoms with Gasteiger partial charge in [-0.3, -0.25) is 0 Å². The van der Waals surface area contributed by atoms with Gasteiger partial charge in [-0.2, -0.15) is 0 Å². The zero-order valence-electron chi connectivity index (χ0n) is 79.8. The van der Waals surface area contributed by atoms with Crippen LogP contribution in [-0.2, 0) is 92.5 Å². The Labute approximate surface area is 857 Å². The Hall–Kier alpha value is -19.9. The highest BCUT2D eigenvalue weighted by atomic mass is 16.5. The van der Waals surface area contributed by atoms with Crippen LogP contribution in [0.15, 0.2) is 362 Å². The Bertz CT molecular complexity index is 6400. The normalized spacial score (nSPS) is 10.9. The van der Waals surface area contributed by atoms with E-state index in [0.717, 1.165) is 0 Å². The largest absolute Gasteiger partial charge is 0.489 e. The van der Waals surface area contributed by atoms with Crippen LogP contribution in [0.3, 0.4) is 0 Å². The first-order chi connectivity index (χ1) is 72.7. The topological polar surface area (TPSA) is 452 Å². The first kappa shape index (κ1) is 103. The highest BCUT2D eigenvalue weighted by Gasteiger charge is 2.21. The molecule has 0 aromatic heterocycles. The zero-order valence-corrected chi connectivity index (χ0v) is 79.8. The lowest BCUT2D eigenvalue weighted by Crippen LogP contribution is -2.04. The van der Waals surface area contributed by atoms with Crippen LogP contribution >= 0.6 is 0 Å². The molecule has 0 radical (unpaired) electrons. The van der Waals surface area contributed by atoms with Gasteiger partial charge in [-0.25, -0.2) is 38.4 Å². The standard InChI is InChI=1S/C118H94N2O30/c121-111(122)87-25-9-73(10-26-87)59-137-95-41-81(42-96(53-95)138-60-74-11-27-88(28-12-74)112(123)124)67-145-103-49-85(50-104(57-103)146-68-82-43-97(139-61-75-13-29-89(30-14-75)113(125)126)54-98(44-82)140-62-76-15-31-90(32-16-76)114(127)128)71-149-109-7-3-1-5-107(109)119-120-108-6-2-4-8-110(108)150-72-86-51-105(147-69-83-45-99(141-63-77-17-33-91(34-18-77)115(129)130)55-100(46-83)142-64-78-19-35-92(36-20-78)116(131)132)58-106(52-86)148-70-84-47-101(143-65-79-21-37-93(38-22-79)117(133)134)56-102(48-84)144-66-80-23-39-94(40-24-80)118(135)136/h1-58H,59-72H2,(H,121,122)(H,123,124)(H,125,126)(H,127,128)(H,129,130)(H,131,132)(H,133,134)(H,135,136). The minimum Gasteiger partial charge on any atom is -0.489 e. The molecule has 32 nitrogen and oxygen atoms in total. The SMILES string of the molecule is O=C(O)c1ccc(COc2cc(COc3cc(COc4ccccc4N=Nc4ccccc4OCc4cc(OCc5cc(OCc6ccc(C(=O)O)cc6)cc(OCc6ccc(C(=O)O)cc6)c5)cc(OCc5cc(OCc6ccc(C(=O)O)cc6)cc(OCc6ccc(C(=O)O)cc6)c5)c4)cc(OCc4cc(OCc5ccc(C(=O)O)cc5)cc(OCc5ccc(C(=O)O)cc5)c4)c3)cc(OCc3ccc(C(=O)O)cc3)c2)cc1. The van der Waals surface area contributed by atoms with Gasteiger partial charge in [0.15, 0.2) is 0 Å². The van der Waals surface area contributed by atoms with Crippen molar-refractivity contribution in [1.29, 1.82) is 0 Å². The summed E-state index contributed by atoms with van der Waals surface area (Å²) in [4.78, 5) is 93.9. The molecule has 0 aliphatic carbocycles. The molecule has 0 saturated heterocycles. The van der Waals surface area contributed by atoms with E-state index in [-0.39, 0.29) is 137 Å². The number of para-hydroxylation sites is 2. The van der Waals surface area contributed by atoms with Crippen LogP contribution in [0.4, 0.5) is 11.4 Å². The first-order valence-electron chi connectivity index (χ1n) is 46.5. The molecule has 16 aromatic carbocycles. The molecule has 0 fully saturated rings. The molecule has 8 N–H and O–H groups in total. The van der Waals surface area contributed by atoms with E-state index >= 15 is 0 Å². The molecule has 16 aromatic rings. The average molecular weight is 2020 g/mol. The van der Waals surface area contributed by atoms with Crippen LogP contribution < -0.4 is 66.3 Å². The van der Waals surface area contributed by atoms with Crippen molar-refractivity contribution in [1.82, 2.24) is 0 Å². The number of carbonyl (C=O) groups is 8. The van der Waals surface area contributed by atoms with Crippen molar-refractivity contribution in [2.75, 3.05) is 0 Å². The lowest BCUT2D eigenvalue weighted by atomic mass is 10.1. The molecule has 0 bridgehead atoms. The Balaban J connectivity index is 0.676. The van der Waals surface area contributed by atoms with Crippen molar-refractivity contribution in [2.24, 2.45) is 10.2 Å². The van der Waals surface area contributed by atoms with Gasteiger partial charge in [0, 0.05) is 36.4 Å². The molecule has 0 amide bonds. The summed E-state index contributed by atoms with van der Waals surface area (Å²) in [6.45, 7) is -0.123. The number of rotatable bonds is 52. The molecule has 150 heavy (non-hydrogen) atoms. The minimum atomic E-state index is -1.08. The third-order valence-corrected chi connectivity index (χ3v) is 22.9. The van der Waals surface area contributed by atoms with Crippen molar-refractivity contribution in [2.45, 2.75) is 92.5 Å². The molecule has 16 rings (SSSR count). The number of benzene rings is 16. The number of hydrogen-bond acceptors (Lipinski definition) is 24. The molecule has 0 atom stereocenters. The second kappa shape index (κ2) is 49.9. The molecule has 756 valence electrons. The van der Waals surface area contributed by atoms with E-state index in [1.807, 2.05) is 0 Å². The summed E-state index contributed by atoms with van der Waals surface area (Å²) in [6.07, 6.45) is 0. The minimum absolute atomic E-state index is 0.0478. The van der Waals surface area contributed by atoms with Gasteiger partial charge in [0.25, 0.3) is 0 Å². The Kier molecular flexibility index (Phi) is 34.2. The lowest BCUT2D eigenvalue weighted by Gasteiger charge is -2.16. The average Bonchev–Trinajstić information content (AvgIpc) is 0.836. The van der Waals surface area contributed by atoms with E-state index < -0.39 is 47.8 Å². The molecule has 0 unspecified atom stereocenters. The summed E-state index contributed by atoms with van der Waals surface area (Å²) < 4.78 is 90.6. The van der Waals surface area contributed by atoms with Crippen molar-refractivity contribution in [3.8, 4) is 80.5 Å². The maximum Gasteiger partial charge on any atom is 0.335 e. The van der Waals surface area contributed by atoms with E-state index in [4.69, 9.17) is 76.5 Å². The van der Waals surface area contributed by atoms with Crippen LogP contribution in [0.5, 0.6) is 80.5 Å². The van der Waals surface area contributed by atoms with E-state index in [2.05, 4.69) is 0 Å². The van der Waals surface area contributed by atoms with Crippen molar-refractivity contribution < 1.29 is 146 Å². The third kappa shape index (κ3) is 30.3. The summed E-state index contributed by atoms with van der Waals surface area (Å²) in [6, 6.07) is 95.4. The fourth-order valence-electron chi connectivity index (χ4n) is 15.0. The zero-order chi connectivity index (χ0) is 105. The van der Waals surface area contributed by atoms with Gasteiger partial charge in [0.1, 0.15) is 184 Å². The molecule has 0 aliphatic heterocycles. The predicted octanol–water partition coefficient (Wildman–Crippen LogP) is 23.8. The number of ether oxygens (including phenoxy) is 14. The fraction of sp³-hybridized carbons (Fsp3) is 0.119. The van der Waals surface area contributed by atoms with Crippen molar-refractivity contribution in [3.63, 3.8) is 0 Å². The van der Waals surface area contributed by atoms with Crippen LogP contribution in [0, 0.1) is 0 Å². The summed E-state index contributed by atoms with van der Waals surface area (Å²) in [5.41, 5.74) is 10.4. The fourth-order valence-corrected chi connectivity index (χ4v) is 15.0. The van der Waals surface area contributed by atoms with E-state index in [1.54, 1.807) is 255 Å². The number of carboxylic acid groups (broad SMARTS) is 8. The quantitative estimate of drug-likeness (QED) is 0.0164. The van der Waals surface area contributed by atoms with Crippen LogP contribution in [0.2, 0.25) is 0 Å². The van der Waals surface area contributed by atoms with E-state index in [9.17, 15) is 79.2 Å². The van der Waals surface area contributed by atoms with Gasteiger partial charge < -0.3 is 107 Å². The number of nitrogens with zero attached hydrogens (tertiary/aromatic N) is 2. The van der Waals surface area contributed by atoms with E-state index in [0.29, 0.717) is 170 Å². The van der Waals surface area contributed by atoms with Crippen molar-refractivity contribution in [3.05, 3.63) is 474 Å². The van der Waals surface area contributed by atoms with Gasteiger partial charge in [0.2, 0.25) is 0 Å². The predicted molar refractivity (Wildman–Crippen MR) is 544 cm³/mol. The van der Waals surface area contributed by atoms with Crippen LogP contribution in [0.25, 0.3) is 0 Å². The highest BCUT2D eigenvalue weighted by Crippen LogP contribution is 2.39. The number of carboxylic acids is 8. The Morgan fingerprint density at radius 3 is 0.400 bits per heavy atom. The van der Waals surface area contributed by atoms with Gasteiger partial charge in [-0.1, -0.05) is 121 Å². The second-order valence-corrected chi connectivity index (χ2v) is 34.1. The Morgan fingerprint density at radius 2 is 0.267 bits per heavy atom. The molecular weight excluding hydrogens is 1930 g/mol. The monoisotopic (exact) mass is 2020 g/mol. The van der Waals surface area contributed by atoms with Crippen LogP contribution in [0.1, 0.15) is 161 Å². The number of azo groups is 1. The van der Waals surface area contributed by atoms with Crippen molar-refractivity contribution >= 4 is 59.1 Å². The molecule has 0 heterocycles. The lowest BCUT2D eigenvalue weighted by molar-refractivity contribution is 0.0686. The summed E-state index contributed by atoms with van der Waals surface area (Å²) in [5.74, 6) is -3.74. The van der Waals surface area contributed by atoms with Gasteiger partial charge in [0.05, 0.1) is 44.5 Å². The molecule has 32 heteroatoms. The van der Waals surface area contributed by atoms with Crippen LogP contribution in [-0.4, -0.2) is 88.6 Å². The smallest absolute Gasteiger partial charge is 0.335 e. The highest BCUT2D eigenvalue weighted by molar-refractivity contribution is 5.91. The summed E-state index contributed by atoms with van der Waals surface area (Å²) in [7, 11) is 0. The second-order valence-electron chi connectivity index (χ2n) is 34.1. The van der Waals surface area contributed by atoms with Gasteiger partial charge in [-0.05, 0) is 272 Å². The molecule has 0 spiro atoms. The first-order valence-corrected chi connectivity index (χ1v) is 46.5. The summed E-state index contributed by atoms with van der Waals surface area (Å²) >= 11 is 0. The third-order valence-electron chi connectivity index (χ3n) is 22.9. The maximum absolute atomic E-state index is 11.7. The van der Waals surface area contributed by atoms with Gasteiger partial charge in [-0.15, -0.1) is 10.2 Å². The van der Waals surface area contributed by atoms with E-state index in [1.165, 1.54) is 97.1 Å². The number of hydrogen-bond donors (Lipinski definition) is 8. The Morgan fingerprint density at radius 1 is 0.147 bits per heavy atom. The molecular formula is C118H94N2O30. The molecule has 0 saturated carbocycles. The maximum atomic E-state index is 11.7. The van der Waals surface area contributed by atoms with Gasteiger partial charge >= 0.3 is 47.8 Å². The summed E-state index contributed by atoms with van der Waals surface area (Å²) in [5, 5.41) is 86.3.